The van der Waals surface area contributed by atoms with E-state index in [9.17, 15) is 9.18 Å². The van der Waals surface area contributed by atoms with E-state index in [4.69, 9.17) is 9.72 Å². The Morgan fingerprint density at radius 3 is 2.93 bits per heavy atom. The standard InChI is InChI=1S/C22H24FN3O2S/c1-28-18-8-9-19-20(13-18)29-22(25-19)26-12-2-3-16(14-26)21(27)24-11-10-15-4-6-17(23)7-5-15/h4-9,13,16H,2-3,10-12,14H2,1H3,(H,24,27). The molecule has 152 valence electrons. The molecule has 1 fully saturated rings. The van der Waals surface area contributed by atoms with Crippen molar-refractivity contribution in [2.75, 3.05) is 31.6 Å². The van der Waals surface area contributed by atoms with E-state index in [2.05, 4.69) is 10.2 Å². The molecule has 2 heterocycles. The first-order chi connectivity index (χ1) is 14.1. The normalized spacial score (nSPS) is 16.8. The number of halogens is 1. The first-order valence-electron chi connectivity index (χ1n) is 9.84. The van der Waals surface area contributed by atoms with Gasteiger partial charge < -0.3 is 15.0 Å². The third kappa shape index (κ3) is 4.67. The summed E-state index contributed by atoms with van der Waals surface area (Å²) in [5.41, 5.74) is 1.97. The lowest BCUT2D eigenvalue weighted by Crippen LogP contribution is -2.43. The molecule has 29 heavy (non-hydrogen) atoms. The number of carbonyl (C=O) groups is 1. The molecule has 1 amide bonds. The Bertz CT molecular complexity index is 989. The molecule has 3 aromatic rings. The number of ether oxygens (including phenoxy) is 1. The average Bonchev–Trinajstić information content (AvgIpc) is 3.18. The first kappa shape index (κ1) is 19.6. The molecule has 0 bridgehead atoms. The van der Waals surface area contributed by atoms with Crippen LogP contribution in [0.3, 0.4) is 0 Å². The van der Waals surface area contributed by atoms with Gasteiger partial charge in [0.1, 0.15) is 11.6 Å². The molecular weight excluding hydrogens is 389 g/mol. The summed E-state index contributed by atoms with van der Waals surface area (Å²) in [4.78, 5) is 19.6. The van der Waals surface area contributed by atoms with Gasteiger partial charge in [-0.15, -0.1) is 0 Å². The second-order valence-corrected chi connectivity index (χ2v) is 8.29. The molecule has 1 unspecified atom stereocenters. The second-order valence-electron chi connectivity index (χ2n) is 7.28. The Kier molecular flexibility index (Phi) is 5.94. The summed E-state index contributed by atoms with van der Waals surface area (Å²) in [5, 5.41) is 3.99. The van der Waals surface area contributed by atoms with E-state index in [-0.39, 0.29) is 17.6 Å². The minimum atomic E-state index is -0.242. The Hall–Kier alpha value is -2.67. The van der Waals surface area contributed by atoms with Crippen molar-refractivity contribution in [1.82, 2.24) is 10.3 Å². The van der Waals surface area contributed by atoms with Gasteiger partial charge in [0.2, 0.25) is 5.91 Å². The second kappa shape index (κ2) is 8.78. The fraction of sp³-hybridized carbons (Fsp3) is 0.364. The number of piperidine rings is 1. The summed E-state index contributed by atoms with van der Waals surface area (Å²) in [5.74, 6) is 0.622. The van der Waals surface area contributed by atoms with Crippen molar-refractivity contribution in [1.29, 1.82) is 0 Å². The number of aromatic nitrogens is 1. The van der Waals surface area contributed by atoms with E-state index in [1.54, 1.807) is 30.6 Å². The van der Waals surface area contributed by atoms with Crippen LogP contribution >= 0.6 is 11.3 Å². The molecule has 1 aliphatic heterocycles. The minimum absolute atomic E-state index is 0.0430. The SMILES string of the molecule is COc1ccc2nc(N3CCCC(C(=O)NCCc4ccc(F)cc4)C3)sc2c1. The van der Waals surface area contributed by atoms with Crippen molar-refractivity contribution in [2.45, 2.75) is 19.3 Å². The fourth-order valence-electron chi connectivity index (χ4n) is 3.65. The number of rotatable bonds is 6. The van der Waals surface area contributed by atoms with Crippen LogP contribution in [-0.4, -0.2) is 37.6 Å². The van der Waals surface area contributed by atoms with Gasteiger partial charge >= 0.3 is 0 Å². The average molecular weight is 414 g/mol. The molecule has 2 aromatic carbocycles. The number of nitrogens with one attached hydrogen (secondary N) is 1. The van der Waals surface area contributed by atoms with Gasteiger partial charge in [-0.2, -0.15) is 0 Å². The van der Waals surface area contributed by atoms with Crippen LogP contribution < -0.4 is 15.0 Å². The predicted molar refractivity (Wildman–Crippen MR) is 114 cm³/mol. The number of methoxy groups -OCH3 is 1. The van der Waals surface area contributed by atoms with Crippen LogP contribution in [0.1, 0.15) is 18.4 Å². The van der Waals surface area contributed by atoms with Gasteiger partial charge in [0.05, 0.1) is 23.2 Å². The Morgan fingerprint density at radius 2 is 2.14 bits per heavy atom. The van der Waals surface area contributed by atoms with Crippen LogP contribution in [0.15, 0.2) is 42.5 Å². The zero-order valence-corrected chi connectivity index (χ0v) is 17.2. The van der Waals surface area contributed by atoms with E-state index in [0.717, 1.165) is 46.0 Å². The molecule has 0 spiro atoms. The number of benzene rings is 2. The Labute approximate surface area is 173 Å². The molecular formula is C22H24FN3O2S. The maximum atomic E-state index is 13.0. The van der Waals surface area contributed by atoms with E-state index in [0.29, 0.717) is 19.5 Å². The third-order valence-corrected chi connectivity index (χ3v) is 6.35. The topological polar surface area (TPSA) is 54.5 Å². The largest absolute Gasteiger partial charge is 0.497 e. The number of carbonyl (C=O) groups excluding carboxylic acids is 1. The number of amides is 1. The van der Waals surface area contributed by atoms with Crippen LogP contribution in [0.25, 0.3) is 10.2 Å². The first-order valence-corrected chi connectivity index (χ1v) is 10.7. The van der Waals surface area contributed by atoms with Crippen molar-refractivity contribution < 1.29 is 13.9 Å². The van der Waals surface area contributed by atoms with Crippen molar-refractivity contribution >= 4 is 32.6 Å². The molecule has 0 radical (unpaired) electrons. The molecule has 1 atom stereocenters. The number of anilines is 1. The lowest BCUT2D eigenvalue weighted by molar-refractivity contribution is -0.125. The molecule has 4 rings (SSSR count). The number of fused-ring (bicyclic) bond motifs is 1. The van der Waals surface area contributed by atoms with Crippen molar-refractivity contribution in [3.8, 4) is 5.75 Å². The molecule has 7 heteroatoms. The highest BCUT2D eigenvalue weighted by molar-refractivity contribution is 7.22. The van der Waals surface area contributed by atoms with E-state index in [1.807, 2.05) is 18.2 Å². The fourth-order valence-corrected chi connectivity index (χ4v) is 4.67. The van der Waals surface area contributed by atoms with Gasteiger partial charge in [-0.3, -0.25) is 4.79 Å². The van der Waals surface area contributed by atoms with Crippen molar-refractivity contribution in [2.24, 2.45) is 5.92 Å². The summed E-state index contributed by atoms with van der Waals surface area (Å²) in [6, 6.07) is 12.3. The van der Waals surface area contributed by atoms with Gasteiger partial charge in [0, 0.05) is 19.6 Å². The molecule has 1 N–H and O–H groups in total. The summed E-state index contributed by atoms with van der Waals surface area (Å²) in [6.07, 6.45) is 2.55. The number of hydrogen-bond acceptors (Lipinski definition) is 5. The molecule has 1 saturated heterocycles. The molecule has 5 nitrogen and oxygen atoms in total. The van der Waals surface area contributed by atoms with E-state index < -0.39 is 0 Å². The molecule has 1 aromatic heterocycles. The van der Waals surface area contributed by atoms with Crippen molar-refractivity contribution in [3.05, 3.63) is 53.8 Å². The predicted octanol–water partition coefficient (Wildman–Crippen LogP) is 4.02. The van der Waals surface area contributed by atoms with Gasteiger partial charge in [-0.05, 0) is 55.2 Å². The summed E-state index contributed by atoms with van der Waals surface area (Å²) < 4.78 is 19.4. The molecule has 1 aliphatic rings. The zero-order valence-electron chi connectivity index (χ0n) is 16.4. The van der Waals surface area contributed by atoms with Gasteiger partial charge in [-0.25, -0.2) is 9.37 Å². The Morgan fingerprint density at radius 1 is 1.31 bits per heavy atom. The highest BCUT2D eigenvalue weighted by Gasteiger charge is 2.27. The quantitative estimate of drug-likeness (QED) is 0.663. The number of thiazole rings is 1. The van der Waals surface area contributed by atoms with Crippen LogP contribution in [0.5, 0.6) is 5.75 Å². The highest BCUT2D eigenvalue weighted by atomic mass is 32.1. The summed E-state index contributed by atoms with van der Waals surface area (Å²) in [7, 11) is 1.66. The van der Waals surface area contributed by atoms with Crippen LogP contribution in [0.4, 0.5) is 9.52 Å². The molecule has 0 aliphatic carbocycles. The zero-order chi connectivity index (χ0) is 20.2. The van der Waals surface area contributed by atoms with Crippen LogP contribution in [0, 0.1) is 11.7 Å². The lowest BCUT2D eigenvalue weighted by Gasteiger charge is -2.31. The highest BCUT2D eigenvalue weighted by Crippen LogP contribution is 2.33. The maximum absolute atomic E-state index is 13.0. The van der Waals surface area contributed by atoms with E-state index >= 15 is 0 Å². The van der Waals surface area contributed by atoms with Crippen LogP contribution in [0.2, 0.25) is 0 Å². The number of nitrogens with zero attached hydrogens (tertiary/aromatic N) is 2. The lowest BCUT2D eigenvalue weighted by atomic mass is 9.97. The monoisotopic (exact) mass is 413 g/mol. The van der Waals surface area contributed by atoms with Gasteiger partial charge in [-0.1, -0.05) is 23.5 Å². The summed E-state index contributed by atoms with van der Waals surface area (Å²) in [6.45, 7) is 2.15. The minimum Gasteiger partial charge on any atom is -0.497 e. The molecule has 0 saturated carbocycles. The van der Waals surface area contributed by atoms with Gasteiger partial charge in [0.25, 0.3) is 0 Å². The third-order valence-electron chi connectivity index (χ3n) is 5.27. The van der Waals surface area contributed by atoms with Crippen molar-refractivity contribution in [3.63, 3.8) is 0 Å². The summed E-state index contributed by atoms with van der Waals surface area (Å²) >= 11 is 1.64. The van der Waals surface area contributed by atoms with Crippen LogP contribution in [-0.2, 0) is 11.2 Å². The number of hydrogen-bond donors (Lipinski definition) is 1. The van der Waals surface area contributed by atoms with E-state index in [1.165, 1.54) is 12.1 Å². The van der Waals surface area contributed by atoms with Gasteiger partial charge in [0.15, 0.2) is 5.13 Å². The Balaban J connectivity index is 1.35. The smallest absolute Gasteiger partial charge is 0.224 e. The maximum Gasteiger partial charge on any atom is 0.224 e.